The van der Waals surface area contributed by atoms with Crippen LogP contribution in [0, 0.1) is 37.0 Å². The Balaban J connectivity index is 0.000000319. The summed E-state index contributed by atoms with van der Waals surface area (Å²) in [6.07, 6.45) is 11.3. The molecule has 186 valence electrons. The maximum Gasteiger partial charge on any atom is 0.185 e. The van der Waals surface area contributed by atoms with E-state index in [9.17, 15) is 4.79 Å². The van der Waals surface area contributed by atoms with Gasteiger partial charge in [0.2, 0.25) is 0 Å². The number of nitroso groups, excluding NO2 is 1. The van der Waals surface area contributed by atoms with E-state index >= 15 is 0 Å². The van der Waals surface area contributed by atoms with Crippen LogP contribution in [0.25, 0.3) is 5.59 Å². The van der Waals surface area contributed by atoms with Gasteiger partial charge in [-0.25, -0.2) is 0 Å². The molecule has 1 saturated carbocycles. The van der Waals surface area contributed by atoms with Gasteiger partial charge in [0, 0.05) is 26.0 Å². The first-order valence-corrected chi connectivity index (χ1v) is 12.7. The number of carbonyl (C=O) groups excluding carboxylic acids is 1. The fourth-order valence-corrected chi connectivity index (χ4v) is 5.52. The average molecular weight is 676 g/mol. The van der Waals surface area contributed by atoms with E-state index in [1.807, 2.05) is 50.3 Å². The van der Waals surface area contributed by atoms with E-state index in [-0.39, 0.29) is 26.2 Å². The van der Waals surface area contributed by atoms with Crippen molar-refractivity contribution >= 4 is 29.6 Å². The Morgan fingerprint density at radius 1 is 0.541 bits per heavy atom. The molecule has 6 radical (unpaired) electrons. The summed E-state index contributed by atoms with van der Waals surface area (Å²) in [5.41, 5.74) is 6.44. The van der Waals surface area contributed by atoms with Gasteiger partial charge in [-0.15, -0.1) is 0 Å². The number of hydrogen-bond acceptors (Lipinski definition) is 2. The summed E-state index contributed by atoms with van der Waals surface area (Å²) >= 11 is 0. The fraction of sp³-hybridized carbons (Fsp3) is 0. The Hall–Kier alpha value is -3.02. The van der Waals surface area contributed by atoms with Gasteiger partial charge >= 0.3 is 0 Å². The smallest absolute Gasteiger partial charge is 0.185 e. The van der Waals surface area contributed by atoms with E-state index < -0.39 is 7.92 Å². The van der Waals surface area contributed by atoms with Crippen LogP contribution in [0.5, 0.6) is 0 Å². The van der Waals surface area contributed by atoms with E-state index in [0.29, 0.717) is 5.56 Å². The van der Waals surface area contributed by atoms with Gasteiger partial charge in [0.15, 0.2) is 5.78 Å². The van der Waals surface area contributed by atoms with Crippen molar-refractivity contribution < 1.29 is 25.2 Å². The summed E-state index contributed by atoms with van der Waals surface area (Å²) in [6.45, 7) is 3.39. The maximum atomic E-state index is 10.9. The van der Waals surface area contributed by atoms with Gasteiger partial charge in [-0.1, -0.05) is 128 Å². The van der Waals surface area contributed by atoms with Crippen LogP contribution in [0.4, 0.5) is 0 Å². The first-order valence-electron chi connectivity index (χ1n) is 11.3. The Morgan fingerprint density at radius 2 is 0.811 bits per heavy atom. The van der Waals surface area contributed by atoms with E-state index in [0.717, 1.165) is 0 Å². The Kier molecular flexibility index (Phi) is 17.4. The fourth-order valence-electron chi connectivity index (χ4n) is 3.22. The zero-order valence-corrected chi connectivity index (χ0v) is 23.9. The Labute approximate surface area is 236 Å². The van der Waals surface area contributed by atoms with Gasteiger partial charge in [0.25, 0.3) is 0 Å². The number of nitrogens with zero attached hydrogens (tertiary/aromatic N) is 1. The van der Waals surface area contributed by atoms with Crippen molar-refractivity contribution in [3.8, 4) is 0 Å². The summed E-state index contributed by atoms with van der Waals surface area (Å²) in [5.74, 6) is -0.0272. The number of rotatable bonds is 5. The first-order chi connectivity index (χ1) is 17.8. The van der Waals surface area contributed by atoms with E-state index in [1.165, 1.54) is 22.0 Å². The van der Waals surface area contributed by atoms with Gasteiger partial charge in [-0.2, -0.15) is 0 Å². The largest absolute Gasteiger partial charge is 0.577 e. The molecule has 4 aromatic carbocycles. The number of benzene rings is 4. The molecule has 5 heteroatoms. The minimum atomic E-state index is -0.446. The zero-order valence-electron chi connectivity index (χ0n) is 20.3. The molecule has 1 fully saturated rings. The van der Waals surface area contributed by atoms with Crippen molar-refractivity contribution in [2.45, 2.75) is 0 Å². The molecule has 0 saturated heterocycles. The van der Waals surface area contributed by atoms with Crippen LogP contribution >= 0.6 is 7.92 Å². The molecule has 37 heavy (non-hydrogen) atoms. The van der Waals surface area contributed by atoms with Crippen LogP contribution < -0.4 is 15.9 Å². The second-order valence-electron chi connectivity index (χ2n) is 7.24. The number of hydrogen-bond donors (Lipinski definition) is 0. The van der Waals surface area contributed by atoms with Crippen molar-refractivity contribution in [3.63, 3.8) is 0 Å². The molecule has 0 unspecified atom stereocenters. The molecule has 1 aliphatic rings. The minimum Gasteiger partial charge on any atom is -0.577 e. The first kappa shape index (κ1) is 32.0. The van der Waals surface area contributed by atoms with Crippen LogP contribution in [0.15, 0.2) is 134 Å². The monoisotopic (exact) mass is 676 g/mol. The molecule has 0 heterocycles. The Bertz CT molecular complexity index is 1020. The molecule has 4 aromatic rings. The van der Waals surface area contributed by atoms with E-state index in [2.05, 4.69) is 97.6 Å². The summed E-state index contributed by atoms with van der Waals surface area (Å²) in [5, 5.41) is 4.19. The maximum absolute atomic E-state index is 10.9. The van der Waals surface area contributed by atoms with Gasteiger partial charge < -0.3 is 10.5 Å². The molecule has 0 aliphatic heterocycles. The van der Waals surface area contributed by atoms with Gasteiger partial charge in [0.1, 0.15) is 0 Å². The molecule has 0 N–H and O–H groups in total. The van der Waals surface area contributed by atoms with Crippen LogP contribution in [0.2, 0.25) is 0 Å². The van der Waals surface area contributed by atoms with E-state index in [1.54, 1.807) is 12.1 Å². The molecule has 1 aliphatic carbocycles. The Morgan fingerprint density at radius 3 is 1.08 bits per heavy atom. The predicted molar refractivity (Wildman–Crippen MR) is 154 cm³/mol. The summed E-state index contributed by atoms with van der Waals surface area (Å²) in [4.78, 5) is 18.1. The molecule has 0 bridgehead atoms. The SMILES string of the molecule is C=CC(=O)c1ccccc1.[CH]1[CH][CH][CH][CH]1.[N-]=O.[Re].c1ccc(P(c2ccccc2)c2ccccc2)cc1. The summed E-state index contributed by atoms with van der Waals surface area (Å²) in [6, 6.07) is 41.4. The molecule has 5 rings (SSSR count). The summed E-state index contributed by atoms with van der Waals surface area (Å²) < 4.78 is 0. The summed E-state index contributed by atoms with van der Waals surface area (Å²) in [7, 11) is -0.446. The predicted octanol–water partition coefficient (Wildman–Crippen LogP) is 6.84. The quantitative estimate of drug-likeness (QED) is 0.132. The van der Waals surface area contributed by atoms with Crippen molar-refractivity contribution in [2.75, 3.05) is 0 Å². The van der Waals surface area contributed by atoms with E-state index in [4.69, 9.17) is 10.5 Å². The number of allylic oxidation sites excluding steroid dienone is 1. The van der Waals surface area contributed by atoms with Gasteiger partial charge in [0.05, 0.1) is 0 Å². The normalized spacial score (nSPS) is 11.2. The number of ketones is 1. The second kappa shape index (κ2) is 20.1. The van der Waals surface area contributed by atoms with Gasteiger partial charge in [-0.3, -0.25) is 4.79 Å². The van der Waals surface area contributed by atoms with Crippen LogP contribution in [-0.4, -0.2) is 5.78 Å². The van der Waals surface area contributed by atoms with Crippen molar-refractivity contribution in [1.29, 1.82) is 0 Å². The minimum absolute atomic E-state index is 0. The van der Waals surface area contributed by atoms with Crippen molar-refractivity contribution in [1.82, 2.24) is 0 Å². The van der Waals surface area contributed by atoms with Crippen LogP contribution in [0.3, 0.4) is 0 Å². The molecular formula is C32H28NO2PRe-. The third-order valence-electron chi connectivity index (χ3n) is 4.84. The third kappa shape index (κ3) is 11.7. The molecule has 3 nitrogen and oxygen atoms in total. The molecule has 0 atom stereocenters. The third-order valence-corrected chi connectivity index (χ3v) is 7.29. The number of carbonyl (C=O) groups is 1. The second-order valence-corrected chi connectivity index (χ2v) is 9.46. The molecular weight excluding hydrogens is 648 g/mol. The zero-order chi connectivity index (χ0) is 25.8. The van der Waals surface area contributed by atoms with Crippen LogP contribution in [0.1, 0.15) is 10.4 Å². The average Bonchev–Trinajstić information content (AvgIpc) is 3.57. The standard InChI is InChI=1S/C18H15P.C9H8O.C5H5.NO.Re/c1-4-10-16(11-5-1)19(17-12-6-2-7-13-17)18-14-8-3-9-15-18;1-2-9(10)8-6-4-3-5-7-8;1-2-4-5-3-1;1-2;/h1-15H;2-7H,1H2;1-5H;;/q;;;-1;. The topological polar surface area (TPSA) is 56.4 Å². The molecule has 0 spiro atoms. The molecule has 0 amide bonds. The van der Waals surface area contributed by atoms with Crippen LogP contribution in [-0.2, 0) is 20.4 Å². The van der Waals surface area contributed by atoms with Crippen molar-refractivity contribution in [2.24, 2.45) is 0 Å². The van der Waals surface area contributed by atoms with Gasteiger partial charge in [-0.05, 0) is 62.0 Å². The van der Waals surface area contributed by atoms with Crippen molar-refractivity contribution in [3.05, 3.63) is 182 Å². The molecule has 0 aromatic heterocycles.